The molecule has 0 radical (unpaired) electrons. The molecular formula is C21H37NO6S. The van der Waals surface area contributed by atoms with Crippen LogP contribution in [0.15, 0.2) is 24.3 Å². The zero-order valence-electron chi connectivity index (χ0n) is 17.5. The molecule has 1 fully saturated rings. The lowest BCUT2D eigenvalue weighted by Crippen LogP contribution is -2.28. The number of hydrogen-bond donors (Lipinski definition) is 4. The Bertz CT molecular complexity index is 646. The minimum absolute atomic E-state index is 0.117. The minimum Gasteiger partial charge on any atom is -0.393 e. The fourth-order valence-corrected chi connectivity index (χ4v) is 4.19. The number of carbonyl (C=O) groups excluding carboxylic acids is 1. The van der Waals surface area contributed by atoms with E-state index in [9.17, 15) is 28.5 Å². The molecule has 0 aromatic carbocycles. The third kappa shape index (κ3) is 10.9. The lowest BCUT2D eigenvalue weighted by molar-refractivity contribution is -0.119. The van der Waals surface area contributed by atoms with Gasteiger partial charge in [-0.2, -0.15) is 0 Å². The van der Waals surface area contributed by atoms with Gasteiger partial charge in [0.05, 0.1) is 24.6 Å². The quantitative estimate of drug-likeness (QED) is 0.261. The summed E-state index contributed by atoms with van der Waals surface area (Å²) in [4.78, 5) is 11.4. The Morgan fingerprint density at radius 2 is 1.90 bits per heavy atom. The van der Waals surface area contributed by atoms with Crippen LogP contribution in [0.25, 0.3) is 0 Å². The molecular weight excluding hydrogens is 394 g/mol. The lowest BCUT2D eigenvalue weighted by Gasteiger charge is -2.19. The summed E-state index contributed by atoms with van der Waals surface area (Å²) < 4.78 is 23.9. The predicted octanol–water partition coefficient (Wildman–Crippen LogP) is 2.03. The number of amides is 1. The fourth-order valence-electron chi connectivity index (χ4n) is 3.67. The van der Waals surface area contributed by atoms with Gasteiger partial charge in [0.2, 0.25) is 15.9 Å². The highest BCUT2D eigenvalue weighted by Gasteiger charge is 2.39. The number of carbonyl (C=O) groups is 1. The highest BCUT2D eigenvalue weighted by molar-refractivity contribution is 7.89. The average molecular weight is 432 g/mol. The van der Waals surface area contributed by atoms with Crippen LogP contribution in [0.3, 0.4) is 0 Å². The number of aliphatic hydroxyl groups excluding tert-OH is 3. The number of aliphatic hydroxyl groups is 3. The molecule has 1 amide bonds. The van der Waals surface area contributed by atoms with Crippen LogP contribution in [0.4, 0.5) is 0 Å². The maximum atomic E-state index is 11.4. The molecule has 8 heteroatoms. The number of unbranched alkanes of at least 4 members (excludes halogenated alkanes) is 3. The smallest absolute Gasteiger partial charge is 0.233 e. The van der Waals surface area contributed by atoms with Gasteiger partial charge in [-0.05, 0) is 31.6 Å². The van der Waals surface area contributed by atoms with Gasteiger partial charge >= 0.3 is 0 Å². The molecule has 1 aliphatic rings. The van der Waals surface area contributed by atoms with Gasteiger partial charge in [0, 0.05) is 18.8 Å². The van der Waals surface area contributed by atoms with E-state index in [0.717, 1.165) is 25.5 Å². The van der Waals surface area contributed by atoms with Crippen molar-refractivity contribution in [3.63, 3.8) is 0 Å². The Morgan fingerprint density at radius 1 is 1.17 bits per heavy atom. The van der Waals surface area contributed by atoms with E-state index in [2.05, 4.69) is 6.92 Å². The monoisotopic (exact) mass is 431 g/mol. The van der Waals surface area contributed by atoms with Crippen molar-refractivity contribution in [3.05, 3.63) is 24.3 Å². The Balaban J connectivity index is 2.43. The highest BCUT2D eigenvalue weighted by atomic mass is 32.2. The largest absolute Gasteiger partial charge is 0.393 e. The first-order valence-corrected chi connectivity index (χ1v) is 12.4. The van der Waals surface area contributed by atoms with Crippen molar-refractivity contribution in [2.75, 3.05) is 6.26 Å². The molecule has 1 aliphatic carbocycles. The summed E-state index contributed by atoms with van der Waals surface area (Å²) in [6, 6.07) is 0. The molecule has 0 aromatic heterocycles. The maximum absolute atomic E-state index is 11.4. The summed E-state index contributed by atoms with van der Waals surface area (Å²) >= 11 is 0. The molecule has 0 saturated heterocycles. The molecule has 0 aliphatic heterocycles. The second-order valence-electron chi connectivity index (χ2n) is 7.96. The Morgan fingerprint density at radius 3 is 2.55 bits per heavy atom. The molecule has 0 spiro atoms. The van der Waals surface area contributed by atoms with Gasteiger partial charge in [0.25, 0.3) is 0 Å². The van der Waals surface area contributed by atoms with Gasteiger partial charge in [-0.15, -0.1) is 0 Å². The van der Waals surface area contributed by atoms with E-state index in [0.29, 0.717) is 32.1 Å². The van der Waals surface area contributed by atoms with Crippen LogP contribution in [0.1, 0.15) is 64.7 Å². The zero-order valence-corrected chi connectivity index (χ0v) is 18.4. The van der Waals surface area contributed by atoms with Crippen LogP contribution in [-0.2, 0) is 14.8 Å². The van der Waals surface area contributed by atoms with Gasteiger partial charge in [0.1, 0.15) is 0 Å². The molecule has 0 heterocycles. The molecule has 5 atom stereocenters. The standard InChI is InChI=1S/C21H37NO6S/c1-3-4-7-10-16(23)13-14-18-17(19(24)15-20(18)25)11-8-5-6-9-12-21(26)22-29(2,27)28/h5,8,13-14,16-20,23-25H,3-4,6-7,9-12,15H2,1-2H3,(H,22,26)/t16?,17-,18-,19+,20-/m1/s1. The third-order valence-electron chi connectivity index (χ3n) is 5.22. The predicted molar refractivity (Wildman–Crippen MR) is 113 cm³/mol. The van der Waals surface area contributed by atoms with E-state index in [-0.39, 0.29) is 18.3 Å². The topological polar surface area (TPSA) is 124 Å². The number of hydrogen-bond acceptors (Lipinski definition) is 6. The summed E-state index contributed by atoms with van der Waals surface area (Å²) in [6.07, 6.45) is 12.7. The first kappa shape index (κ1) is 25.8. The first-order chi connectivity index (χ1) is 13.6. The van der Waals surface area contributed by atoms with Crippen molar-refractivity contribution >= 4 is 15.9 Å². The van der Waals surface area contributed by atoms with Gasteiger partial charge < -0.3 is 15.3 Å². The van der Waals surface area contributed by atoms with E-state index in [1.54, 1.807) is 6.08 Å². The van der Waals surface area contributed by atoms with Crippen molar-refractivity contribution < 1.29 is 28.5 Å². The summed E-state index contributed by atoms with van der Waals surface area (Å²) in [5.74, 6) is -0.831. The van der Waals surface area contributed by atoms with E-state index in [1.807, 2.05) is 23.0 Å². The van der Waals surface area contributed by atoms with E-state index < -0.39 is 34.2 Å². The Hall–Kier alpha value is -1.22. The average Bonchev–Trinajstić information content (AvgIpc) is 2.87. The number of allylic oxidation sites excluding steroid dienone is 2. The highest BCUT2D eigenvalue weighted by Crippen LogP contribution is 2.36. The van der Waals surface area contributed by atoms with E-state index in [1.165, 1.54) is 0 Å². The van der Waals surface area contributed by atoms with Crippen LogP contribution in [0, 0.1) is 11.8 Å². The van der Waals surface area contributed by atoms with E-state index in [4.69, 9.17) is 0 Å². The minimum atomic E-state index is -3.51. The van der Waals surface area contributed by atoms with Crippen molar-refractivity contribution in [1.29, 1.82) is 0 Å². The van der Waals surface area contributed by atoms with Crippen LogP contribution >= 0.6 is 0 Å². The van der Waals surface area contributed by atoms with Gasteiger partial charge in [-0.25, -0.2) is 8.42 Å². The summed E-state index contributed by atoms with van der Waals surface area (Å²) in [5, 5.41) is 30.5. The van der Waals surface area contributed by atoms with Crippen LogP contribution in [0.2, 0.25) is 0 Å². The second-order valence-corrected chi connectivity index (χ2v) is 9.70. The van der Waals surface area contributed by atoms with Crippen molar-refractivity contribution in [2.45, 2.75) is 83.0 Å². The summed E-state index contributed by atoms with van der Waals surface area (Å²) in [7, 11) is -3.51. The molecule has 1 rings (SSSR count). The Labute approximate surface area is 175 Å². The molecule has 1 unspecified atom stereocenters. The van der Waals surface area contributed by atoms with Gasteiger partial charge in [0.15, 0.2) is 0 Å². The first-order valence-electron chi connectivity index (χ1n) is 10.5. The fraction of sp³-hybridized carbons (Fsp3) is 0.762. The van der Waals surface area contributed by atoms with Crippen LogP contribution in [0.5, 0.6) is 0 Å². The number of rotatable bonds is 13. The van der Waals surface area contributed by atoms with Crippen LogP contribution in [-0.4, -0.2) is 54.2 Å². The lowest BCUT2D eigenvalue weighted by atomic mass is 9.89. The summed E-state index contributed by atoms with van der Waals surface area (Å²) in [5.41, 5.74) is 0. The van der Waals surface area contributed by atoms with Gasteiger partial charge in [-0.3, -0.25) is 9.52 Å². The molecule has 1 saturated carbocycles. The third-order valence-corrected chi connectivity index (χ3v) is 5.82. The van der Waals surface area contributed by atoms with Crippen molar-refractivity contribution in [3.8, 4) is 0 Å². The zero-order chi connectivity index (χ0) is 21.9. The van der Waals surface area contributed by atoms with Crippen molar-refractivity contribution in [1.82, 2.24) is 4.72 Å². The molecule has 0 aromatic rings. The second kappa shape index (κ2) is 13.2. The molecule has 7 nitrogen and oxygen atoms in total. The van der Waals surface area contributed by atoms with Crippen LogP contribution < -0.4 is 4.72 Å². The molecule has 0 bridgehead atoms. The SMILES string of the molecule is CCCCCC(O)C=C[C@@H]1[C@@H](CC=CCCCC(=O)NS(C)(=O)=O)[C@@H](O)C[C@H]1O. The van der Waals surface area contributed by atoms with E-state index >= 15 is 0 Å². The molecule has 168 valence electrons. The normalized spacial score (nSPS) is 26.4. The number of sulfonamides is 1. The van der Waals surface area contributed by atoms with Gasteiger partial charge in [-0.1, -0.05) is 50.5 Å². The molecule has 4 N–H and O–H groups in total. The molecule has 29 heavy (non-hydrogen) atoms. The summed E-state index contributed by atoms with van der Waals surface area (Å²) in [6.45, 7) is 2.11. The number of nitrogens with one attached hydrogen (secondary N) is 1. The van der Waals surface area contributed by atoms with Crippen molar-refractivity contribution in [2.24, 2.45) is 11.8 Å². The Kier molecular flexibility index (Phi) is 11.7. The maximum Gasteiger partial charge on any atom is 0.233 e.